The van der Waals surface area contributed by atoms with Gasteiger partial charge in [-0.25, -0.2) is 0 Å². The lowest BCUT2D eigenvalue weighted by Gasteiger charge is -2.29. The monoisotopic (exact) mass is 298 g/mol. The Morgan fingerprint density at radius 3 is 2.29 bits per heavy atom. The van der Waals surface area contributed by atoms with Crippen molar-refractivity contribution in [3.8, 4) is 0 Å². The molecule has 0 fully saturated rings. The predicted octanol–water partition coefficient (Wildman–Crippen LogP) is 4.75. The van der Waals surface area contributed by atoms with Crippen LogP contribution in [-0.4, -0.2) is 13.7 Å². The number of alkyl halides is 1. The van der Waals surface area contributed by atoms with Crippen molar-refractivity contribution in [1.82, 2.24) is 0 Å². The lowest BCUT2D eigenvalue weighted by Crippen LogP contribution is -2.16. The van der Waals surface area contributed by atoms with Crippen molar-refractivity contribution >= 4 is 15.9 Å². The summed E-state index contributed by atoms with van der Waals surface area (Å²) in [6, 6.07) is 8.85. The number of hydrogen-bond acceptors (Lipinski definition) is 1. The smallest absolute Gasteiger partial charge is 0.0502 e. The SMILES string of the molecule is CCC(C)(C)C(Br)c1ccc(CCOC)cc1. The Bertz CT molecular complexity index is 329. The fourth-order valence-electron chi connectivity index (χ4n) is 1.70. The summed E-state index contributed by atoms with van der Waals surface area (Å²) in [4.78, 5) is 0.413. The van der Waals surface area contributed by atoms with E-state index in [0.717, 1.165) is 19.4 Å². The Balaban J connectivity index is 2.73. The van der Waals surface area contributed by atoms with Crippen LogP contribution in [0.4, 0.5) is 0 Å². The van der Waals surface area contributed by atoms with Gasteiger partial charge in [0.2, 0.25) is 0 Å². The van der Waals surface area contributed by atoms with Gasteiger partial charge in [0, 0.05) is 11.9 Å². The molecule has 0 aliphatic heterocycles. The summed E-state index contributed by atoms with van der Waals surface area (Å²) >= 11 is 3.82. The van der Waals surface area contributed by atoms with E-state index < -0.39 is 0 Å². The van der Waals surface area contributed by atoms with Crippen LogP contribution in [0, 0.1) is 5.41 Å². The van der Waals surface area contributed by atoms with Gasteiger partial charge in [0.25, 0.3) is 0 Å². The van der Waals surface area contributed by atoms with Crippen LogP contribution in [0.2, 0.25) is 0 Å². The minimum Gasteiger partial charge on any atom is -0.384 e. The van der Waals surface area contributed by atoms with Gasteiger partial charge >= 0.3 is 0 Å². The van der Waals surface area contributed by atoms with E-state index in [2.05, 4.69) is 61.0 Å². The molecule has 1 aromatic carbocycles. The molecule has 2 heteroatoms. The minimum atomic E-state index is 0.286. The molecule has 0 N–H and O–H groups in total. The molecule has 0 amide bonds. The van der Waals surface area contributed by atoms with Crippen molar-refractivity contribution in [2.45, 2.75) is 38.4 Å². The third-order valence-electron chi connectivity index (χ3n) is 3.46. The molecule has 1 unspecified atom stereocenters. The van der Waals surface area contributed by atoms with Crippen LogP contribution in [0.15, 0.2) is 24.3 Å². The average molecular weight is 299 g/mol. The Morgan fingerprint density at radius 1 is 1.24 bits per heavy atom. The molecule has 96 valence electrons. The number of methoxy groups -OCH3 is 1. The van der Waals surface area contributed by atoms with Crippen molar-refractivity contribution in [1.29, 1.82) is 0 Å². The summed E-state index contributed by atoms with van der Waals surface area (Å²) in [5, 5.41) is 0. The highest BCUT2D eigenvalue weighted by molar-refractivity contribution is 9.09. The summed E-state index contributed by atoms with van der Waals surface area (Å²) in [7, 11) is 1.74. The van der Waals surface area contributed by atoms with Gasteiger partial charge in [-0.1, -0.05) is 61.0 Å². The van der Waals surface area contributed by atoms with Crippen LogP contribution < -0.4 is 0 Å². The molecule has 0 aliphatic carbocycles. The van der Waals surface area contributed by atoms with Crippen molar-refractivity contribution in [3.63, 3.8) is 0 Å². The van der Waals surface area contributed by atoms with Gasteiger partial charge in [0.05, 0.1) is 6.61 Å². The van der Waals surface area contributed by atoms with Gasteiger partial charge in [0.1, 0.15) is 0 Å². The van der Waals surface area contributed by atoms with E-state index in [1.165, 1.54) is 11.1 Å². The zero-order valence-corrected chi connectivity index (χ0v) is 12.9. The third kappa shape index (κ3) is 4.11. The van der Waals surface area contributed by atoms with Gasteiger partial charge in [-0.15, -0.1) is 0 Å². The van der Waals surface area contributed by atoms with Crippen LogP contribution in [0.25, 0.3) is 0 Å². The molecule has 0 aromatic heterocycles. The predicted molar refractivity (Wildman–Crippen MR) is 77.8 cm³/mol. The van der Waals surface area contributed by atoms with Gasteiger partial charge in [-0.3, -0.25) is 0 Å². The number of rotatable bonds is 6. The van der Waals surface area contributed by atoms with E-state index in [-0.39, 0.29) is 5.41 Å². The lowest BCUT2D eigenvalue weighted by atomic mass is 9.83. The Morgan fingerprint density at radius 2 is 1.82 bits per heavy atom. The molecule has 0 saturated heterocycles. The van der Waals surface area contributed by atoms with Gasteiger partial charge in [-0.2, -0.15) is 0 Å². The zero-order valence-electron chi connectivity index (χ0n) is 11.3. The molecule has 0 radical (unpaired) electrons. The molecule has 0 heterocycles. The van der Waals surface area contributed by atoms with Crippen molar-refractivity contribution < 1.29 is 4.74 Å². The zero-order chi connectivity index (χ0) is 12.9. The largest absolute Gasteiger partial charge is 0.384 e. The first-order chi connectivity index (χ1) is 8.01. The normalized spacial score (nSPS) is 13.7. The molecule has 1 nitrogen and oxygen atoms in total. The maximum Gasteiger partial charge on any atom is 0.0502 e. The minimum absolute atomic E-state index is 0.286. The van der Waals surface area contributed by atoms with E-state index in [1.54, 1.807) is 7.11 Å². The second-order valence-corrected chi connectivity index (χ2v) is 6.10. The molecule has 0 spiro atoms. The van der Waals surface area contributed by atoms with Crippen molar-refractivity contribution in [3.05, 3.63) is 35.4 Å². The van der Waals surface area contributed by atoms with Crippen LogP contribution in [0.5, 0.6) is 0 Å². The fraction of sp³-hybridized carbons (Fsp3) is 0.600. The number of ether oxygens (including phenoxy) is 1. The van der Waals surface area contributed by atoms with Crippen molar-refractivity contribution in [2.24, 2.45) is 5.41 Å². The van der Waals surface area contributed by atoms with E-state index in [1.807, 2.05) is 0 Å². The third-order valence-corrected chi connectivity index (χ3v) is 5.23. The fourth-order valence-corrected chi connectivity index (χ4v) is 2.33. The van der Waals surface area contributed by atoms with Crippen LogP contribution in [0.1, 0.15) is 43.1 Å². The molecule has 0 saturated carbocycles. The Labute approximate surface area is 114 Å². The lowest BCUT2D eigenvalue weighted by molar-refractivity contribution is 0.202. The van der Waals surface area contributed by atoms with E-state index in [0.29, 0.717) is 4.83 Å². The molecule has 17 heavy (non-hydrogen) atoms. The average Bonchev–Trinajstić information content (AvgIpc) is 2.36. The van der Waals surface area contributed by atoms with E-state index in [4.69, 9.17) is 4.74 Å². The maximum atomic E-state index is 5.09. The molecular weight excluding hydrogens is 276 g/mol. The highest BCUT2D eigenvalue weighted by Gasteiger charge is 2.26. The van der Waals surface area contributed by atoms with Gasteiger partial charge in [-0.05, 0) is 29.4 Å². The first kappa shape index (κ1) is 14.7. The van der Waals surface area contributed by atoms with E-state index >= 15 is 0 Å². The molecule has 0 bridgehead atoms. The molecular formula is C15H23BrO. The van der Waals surface area contributed by atoms with Gasteiger partial charge < -0.3 is 4.74 Å². The summed E-state index contributed by atoms with van der Waals surface area (Å²) in [5.41, 5.74) is 2.98. The summed E-state index contributed by atoms with van der Waals surface area (Å²) in [6.07, 6.45) is 2.15. The molecule has 1 rings (SSSR count). The van der Waals surface area contributed by atoms with Crippen molar-refractivity contribution in [2.75, 3.05) is 13.7 Å². The molecule has 0 aliphatic rings. The first-order valence-corrected chi connectivity index (χ1v) is 7.14. The van der Waals surface area contributed by atoms with E-state index in [9.17, 15) is 0 Å². The standard InChI is InChI=1S/C15H23BrO/c1-5-15(2,3)14(16)13-8-6-12(7-9-13)10-11-17-4/h6-9,14H,5,10-11H2,1-4H3. The number of hydrogen-bond donors (Lipinski definition) is 0. The second kappa shape index (κ2) is 6.55. The molecule has 1 aromatic rings. The quantitative estimate of drug-likeness (QED) is 0.689. The summed E-state index contributed by atoms with van der Waals surface area (Å²) in [6.45, 7) is 7.62. The maximum absolute atomic E-state index is 5.09. The Kier molecular flexibility index (Phi) is 5.68. The molecule has 1 atom stereocenters. The van der Waals surface area contributed by atoms with Crippen LogP contribution in [0.3, 0.4) is 0 Å². The Hall–Kier alpha value is -0.340. The highest BCUT2D eigenvalue weighted by atomic mass is 79.9. The topological polar surface area (TPSA) is 9.23 Å². The summed E-state index contributed by atoms with van der Waals surface area (Å²) < 4.78 is 5.09. The van der Waals surface area contributed by atoms with Crippen LogP contribution >= 0.6 is 15.9 Å². The second-order valence-electron chi connectivity index (χ2n) is 5.19. The van der Waals surface area contributed by atoms with Crippen LogP contribution in [-0.2, 0) is 11.2 Å². The van der Waals surface area contributed by atoms with Gasteiger partial charge in [0.15, 0.2) is 0 Å². The number of halogens is 1. The highest BCUT2D eigenvalue weighted by Crippen LogP contribution is 2.42. The summed E-state index contributed by atoms with van der Waals surface area (Å²) in [5.74, 6) is 0. The first-order valence-electron chi connectivity index (χ1n) is 6.23. The number of benzene rings is 1.